The largest absolute Gasteiger partial charge is 0.355 e. The Hall–Kier alpha value is -1.62. The number of aromatic nitrogens is 3. The van der Waals surface area contributed by atoms with Crippen LogP contribution in [0.5, 0.6) is 0 Å². The molecule has 0 amide bonds. The van der Waals surface area contributed by atoms with Crippen molar-refractivity contribution in [2.45, 2.75) is 51.0 Å². The summed E-state index contributed by atoms with van der Waals surface area (Å²) in [6.07, 6.45) is 10.2. The molecular weight excluding hydrogens is 274 g/mol. The lowest BCUT2D eigenvalue weighted by molar-refractivity contribution is 0.409. The predicted octanol–water partition coefficient (Wildman–Crippen LogP) is 2.58. The highest BCUT2D eigenvalue weighted by Crippen LogP contribution is 2.36. The fourth-order valence-electron chi connectivity index (χ4n) is 3.66. The summed E-state index contributed by atoms with van der Waals surface area (Å²) in [4.78, 5) is 7.09. The van der Waals surface area contributed by atoms with E-state index >= 15 is 0 Å². The predicted molar refractivity (Wildman–Crippen MR) is 88.5 cm³/mol. The number of fused-ring (bicyclic) bond motifs is 1. The van der Waals surface area contributed by atoms with Gasteiger partial charge in [0.2, 0.25) is 0 Å². The molecule has 0 atom stereocenters. The van der Waals surface area contributed by atoms with Gasteiger partial charge in [-0.3, -0.25) is 0 Å². The van der Waals surface area contributed by atoms with Crippen molar-refractivity contribution < 1.29 is 0 Å². The van der Waals surface area contributed by atoms with Gasteiger partial charge < -0.3 is 10.2 Å². The van der Waals surface area contributed by atoms with Crippen LogP contribution in [0, 0.1) is 0 Å². The molecule has 118 valence electrons. The highest BCUT2D eigenvalue weighted by molar-refractivity contribution is 5.69. The Kier molecular flexibility index (Phi) is 3.74. The van der Waals surface area contributed by atoms with Crippen molar-refractivity contribution in [1.82, 2.24) is 19.9 Å². The van der Waals surface area contributed by atoms with Crippen LogP contribution in [0.4, 0.5) is 5.82 Å². The summed E-state index contributed by atoms with van der Waals surface area (Å²) in [5.41, 5.74) is 2.43. The Bertz CT molecular complexity index is 638. The van der Waals surface area contributed by atoms with Crippen LogP contribution in [0.15, 0.2) is 18.5 Å². The van der Waals surface area contributed by atoms with Gasteiger partial charge in [-0.15, -0.1) is 0 Å². The van der Waals surface area contributed by atoms with Crippen molar-refractivity contribution in [3.8, 4) is 0 Å². The topological polar surface area (TPSA) is 45.5 Å². The second-order valence-electron chi connectivity index (χ2n) is 6.60. The zero-order valence-corrected chi connectivity index (χ0v) is 13.3. The maximum atomic E-state index is 4.77. The Labute approximate surface area is 131 Å². The third-order valence-electron chi connectivity index (χ3n) is 5.20. The first-order chi connectivity index (χ1) is 10.8. The first kappa shape index (κ1) is 14.0. The van der Waals surface area contributed by atoms with Crippen LogP contribution in [-0.4, -0.2) is 40.3 Å². The van der Waals surface area contributed by atoms with E-state index in [0.717, 1.165) is 25.5 Å². The van der Waals surface area contributed by atoms with Gasteiger partial charge in [0.1, 0.15) is 5.52 Å². The summed E-state index contributed by atoms with van der Waals surface area (Å²) < 4.78 is 2.02. The van der Waals surface area contributed by atoms with Crippen molar-refractivity contribution in [3.05, 3.63) is 24.2 Å². The molecule has 22 heavy (non-hydrogen) atoms. The van der Waals surface area contributed by atoms with Crippen LogP contribution in [0.3, 0.4) is 0 Å². The molecular formula is C17H25N5. The highest BCUT2D eigenvalue weighted by atomic mass is 15.3. The Morgan fingerprint density at radius 2 is 2.05 bits per heavy atom. The van der Waals surface area contributed by atoms with Crippen molar-refractivity contribution in [2.24, 2.45) is 0 Å². The number of anilines is 1. The molecule has 1 aliphatic heterocycles. The molecule has 0 radical (unpaired) electrons. The van der Waals surface area contributed by atoms with E-state index in [9.17, 15) is 0 Å². The molecule has 2 aromatic rings. The van der Waals surface area contributed by atoms with Crippen LogP contribution in [0.2, 0.25) is 0 Å². The third kappa shape index (κ3) is 2.47. The van der Waals surface area contributed by atoms with Gasteiger partial charge >= 0.3 is 0 Å². The lowest BCUT2D eigenvalue weighted by atomic mass is 9.83. The second-order valence-corrected chi connectivity index (χ2v) is 6.60. The monoisotopic (exact) mass is 299 g/mol. The zero-order chi connectivity index (χ0) is 14.9. The third-order valence-corrected chi connectivity index (χ3v) is 5.20. The van der Waals surface area contributed by atoms with E-state index in [1.807, 2.05) is 16.9 Å². The minimum absolute atomic E-state index is 0.663. The van der Waals surface area contributed by atoms with Gasteiger partial charge in [-0.25, -0.2) is 9.50 Å². The van der Waals surface area contributed by atoms with Crippen LogP contribution in [0.25, 0.3) is 5.52 Å². The van der Waals surface area contributed by atoms with Crippen molar-refractivity contribution in [3.63, 3.8) is 0 Å². The lowest BCUT2D eigenvalue weighted by Gasteiger charge is -2.33. The lowest BCUT2D eigenvalue weighted by Crippen LogP contribution is -2.42. The minimum Gasteiger partial charge on any atom is -0.355 e. The SMILES string of the molecule is CCNC1CCN(c2nccn3nc(C4CCC4)cc23)CC1. The fraction of sp³-hybridized carbons (Fsp3) is 0.647. The number of piperidine rings is 1. The Morgan fingerprint density at radius 1 is 1.23 bits per heavy atom. The van der Waals surface area contributed by atoms with Gasteiger partial charge in [-0.05, 0) is 38.3 Å². The highest BCUT2D eigenvalue weighted by Gasteiger charge is 2.25. The first-order valence-corrected chi connectivity index (χ1v) is 8.67. The van der Waals surface area contributed by atoms with Crippen molar-refractivity contribution in [1.29, 1.82) is 0 Å². The van der Waals surface area contributed by atoms with E-state index in [2.05, 4.69) is 28.2 Å². The van der Waals surface area contributed by atoms with E-state index in [1.54, 1.807) is 0 Å². The number of nitrogens with one attached hydrogen (secondary N) is 1. The summed E-state index contributed by atoms with van der Waals surface area (Å²) in [5.74, 6) is 1.78. The molecule has 1 saturated heterocycles. The molecule has 0 unspecified atom stereocenters. The number of hydrogen-bond acceptors (Lipinski definition) is 4. The maximum absolute atomic E-state index is 4.77. The molecule has 0 aromatic carbocycles. The van der Waals surface area contributed by atoms with Crippen molar-refractivity contribution in [2.75, 3.05) is 24.5 Å². The van der Waals surface area contributed by atoms with Gasteiger partial charge in [0, 0.05) is 37.4 Å². The standard InChI is InChI=1S/C17H25N5/c1-2-18-14-6-9-21(10-7-14)17-16-12-15(13-4-3-5-13)20-22(16)11-8-19-17/h8,11-14,18H,2-7,9-10H2,1H3. The maximum Gasteiger partial charge on any atom is 0.154 e. The van der Waals surface area contributed by atoms with Crippen molar-refractivity contribution >= 4 is 11.3 Å². The molecule has 5 nitrogen and oxygen atoms in total. The molecule has 1 aliphatic carbocycles. The van der Waals surface area contributed by atoms with Gasteiger partial charge in [-0.2, -0.15) is 5.10 Å². The van der Waals surface area contributed by atoms with Gasteiger partial charge in [0.25, 0.3) is 0 Å². The molecule has 2 fully saturated rings. The number of hydrogen-bond donors (Lipinski definition) is 1. The second kappa shape index (κ2) is 5.88. The molecule has 0 spiro atoms. The number of nitrogens with zero attached hydrogens (tertiary/aromatic N) is 4. The smallest absolute Gasteiger partial charge is 0.154 e. The van der Waals surface area contributed by atoms with Gasteiger partial charge in [0.05, 0.1) is 5.69 Å². The molecule has 3 heterocycles. The van der Waals surface area contributed by atoms with E-state index in [1.165, 1.54) is 43.3 Å². The molecule has 5 heteroatoms. The summed E-state index contributed by atoms with van der Waals surface area (Å²) in [5, 5.41) is 8.34. The molecule has 1 N–H and O–H groups in total. The molecule has 1 saturated carbocycles. The summed E-state index contributed by atoms with van der Waals surface area (Å²) in [6, 6.07) is 2.93. The van der Waals surface area contributed by atoms with Crippen LogP contribution in [0.1, 0.15) is 50.6 Å². The van der Waals surface area contributed by atoms with Gasteiger partial charge in [0.15, 0.2) is 5.82 Å². The molecule has 0 bridgehead atoms. The van der Waals surface area contributed by atoms with Crippen LogP contribution in [-0.2, 0) is 0 Å². The van der Waals surface area contributed by atoms with Crippen LogP contribution < -0.4 is 10.2 Å². The fourth-order valence-corrected chi connectivity index (χ4v) is 3.66. The first-order valence-electron chi connectivity index (χ1n) is 8.67. The van der Waals surface area contributed by atoms with E-state index in [0.29, 0.717) is 12.0 Å². The van der Waals surface area contributed by atoms with Crippen LogP contribution >= 0.6 is 0 Å². The Balaban J connectivity index is 1.57. The summed E-state index contributed by atoms with van der Waals surface area (Å²) in [7, 11) is 0. The summed E-state index contributed by atoms with van der Waals surface area (Å²) in [6.45, 7) is 5.40. The average molecular weight is 299 g/mol. The zero-order valence-electron chi connectivity index (χ0n) is 13.3. The summed E-state index contributed by atoms with van der Waals surface area (Å²) >= 11 is 0. The molecule has 2 aliphatic rings. The minimum atomic E-state index is 0.663. The quantitative estimate of drug-likeness (QED) is 0.942. The Morgan fingerprint density at radius 3 is 2.73 bits per heavy atom. The molecule has 4 rings (SSSR count). The average Bonchev–Trinajstić information content (AvgIpc) is 2.89. The van der Waals surface area contributed by atoms with E-state index in [-0.39, 0.29) is 0 Å². The number of rotatable bonds is 4. The van der Waals surface area contributed by atoms with E-state index in [4.69, 9.17) is 5.10 Å². The van der Waals surface area contributed by atoms with E-state index < -0.39 is 0 Å². The molecule has 2 aromatic heterocycles. The van der Waals surface area contributed by atoms with Gasteiger partial charge in [-0.1, -0.05) is 13.3 Å². The normalized spacial score (nSPS) is 20.5.